The van der Waals surface area contributed by atoms with Gasteiger partial charge in [0.1, 0.15) is 5.76 Å². The fraction of sp³-hybridized carbons (Fsp3) is 0.385. The zero-order valence-electron chi connectivity index (χ0n) is 10.1. The second kappa shape index (κ2) is 6.64. The van der Waals surface area contributed by atoms with Crippen LogP contribution in [0.25, 0.3) is 6.08 Å². The lowest BCUT2D eigenvalue weighted by molar-refractivity contribution is 0.237. The minimum Gasteiger partial charge on any atom is -0.465 e. The van der Waals surface area contributed by atoms with Crippen molar-refractivity contribution in [1.29, 1.82) is 0 Å². The Bertz CT molecular complexity index is 417. The molecule has 1 heterocycles. The average molecular weight is 247 g/mol. The number of furan rings is 1. The summed E-state index contributed by atoms with van der Waals surface area (Å²) in [5.74, 6) is 0.747. The van der Waals surface area contributed by atoms with Crippen molar-refractivity contribution >= 4 is 18.3 Å². The summed E-state index contributed by atoms with van der Waals surface area (Å²) in [5, 5.41) is 6.67. The molecule has 2 N–H and O–H groups in total. The quantitative estimate of drug-likeness (QED) is 0.634. The minimum absolute atomic E-state index is 0.246. The van der Waals surface area contributed by atoms with E-state index in [0.29, 0.717) is 6.04 Å². The first-order valence-electron chi connectivity index (χ1n) is 6.14. The van der Waals surface area contributed by atoms with Gasteiger partial charge in [-0.05, 0) is 37.1 Å². The number of urea groups is 1. The average Bonchev–Trinajstić information content (AvgIpc) is 3.01. The van der Waals surface area contributed by atoms with E-state index in [2.05, 4.69) is 15.8 Å². The maximum atomic E-state index is 11.4. The molecule has 0 radical (unpaired) electrons. The predicted octanol–water partition coefficient (Wildman–Crippen LogP) is 2.52. The summed E-state index contributed by atoms with van der Waals surface area (Å²) in [6.45, 7) is 0. The van der Waals surface area contributed by atoms with Crippen LogP contribution in [0.5, 0.6) is 0 Å². The van der Waals surface area contributed by atoms with Gasteiger partial charge in [-0.25, -0.2) is 10.2 Å². The van der Waals surface area contributed by atoms with Gasteiger partial charge in [-0.15, -0.1) is 0 Å². The van der Waals surface area contributed by atoms with Crippen molar-refractivity contribution in [3.8, 4) is 0 Å². The highest BCUT2D eigenvalue weighted by atomic mass is 16.3. The molecular weight excluding hydrogens is 230 g/mol. The zero-order valence-corrected chi connectivity index (χ0v) is 10.1. The van der Waals surface area contributed by atoms with Crippen LogP contribution in [0.15, 0.2) is 34.0 Å². The molecule has 0 aromatic carbocycles. The molecule has 1 aromatic heterocycles. The fourth-order valence-electron chi connectivity index (χ4n) is 1.95. The van der Waals surface area contributed by atoms with Gasteiger partial charge in [0.2, 0.25) is 0 Å². The third-order valence-corrected chi connectivity index (χ3v) is 2.82. The molecule has 5 nitrogen and oxygen atoms in total. The van der Waals surface area contributed by atoms with E-state index in [1.165, 1.54) is 19.1 Å². The van der Waals surface area contributed by atoms with Crippen molar-refractivity contribution in [2.24, 2.45) is 5.10 Å². The van der Waals surface area contributed by atoms with Gasteiger partial charge in [0.25, 0.3) is 0 Å². The van der Waals surface area contributed by atoms with Crippen LogP contribution >= 0.6 is 0 Å². The molecule has 0 saturated heterocycles. The van der Waals surface area contributed by atoms with Gasteiger partial charge >= 0.3 is 6.03 Å². The Labute approximate surface area is 106 Å². The van der Waals surface area contributed by atoms with Gasteiger partial charge in [-0.2, -0.15) is 5.10 Å². The second-order valence-corrected chi connectivity index (χ2v) is 4.22. The van der Waals surface area contributed by atoms with Crippen molar-refractivity contribution in [1.82, 2.24) is 10.7 Å². The Morgan fingerprint density at radius 2 is 2.28 bits per heavy atom. The molecule has 1 aliphatic carbocycles. The zero-order chi connectivity index (χ0) is 12.6. The second-order valence-electron chi connectivity index (χ2n) is 4.22. The first kappa shape index (κ1) is 12.4. The van der Waals surface area contributed by atoms with Gasteiger partial charge in [-0.1, -0.05) is 12.8 Å². The number of allylic oxidation sites excluding steroid dienone is 1. The highest BCUT2D eigenvalue weighted by Crippen LogP contribution is 2.17. The Hall–Kier alpha value is -2.04. The van der Waals surface area contributed by atoms with Gasteiger partial charge in [-0.3, -0.25) is 0 Å². The van der Waals surface area contributed by atoms with E-state index >= 15 is 0 Å². The maximum absolute atomic E-state index is 11.4. The lowest BCUT2D eigenvalue weighted by Gasteiger charge is -2.10. The molecule has 1 aromatic rings. The van der Waals surface area contributed by atoms with Crippen LogP contribution in [-0.4, -0.2) is 18.3 Å². The predicted molar refractivity (Wildman–Crippen MR) is 70.2 cm³/mol. The summed E-state index contributed by atoms with van der Waals surface area (Å²) in [4.78, 5) is 11.4. The van der Waals surface area contributed by atoms with Crippen LogP contribution in [0.1, 0.15) is 31.4 Å². The molecule has 18 heavy (non-hydrogen) atoms. The number of hydrogen-bond donors (Lipinski definition) is 2. The molecule has 0 bridgehead atoms. The van der Waals surface area contributed by atoms with E-state index in [4.69, 9.17) is 4.42 Å². The van der Waals surface area contributed by atoms with Crippen molar-refractivity contribution in [2.45, 2.75) is 31.7 Å². The Morgan fingerprint density at radius 3 is 3.00 bits per heavy atom. The molecule has 0 aliphatic heterocycles. The molecular formula is C13H17N3O2. The first-order chi connectivity index (χ1) is 8.84. The third kappa shape index (κ3) is 4.08. The number of hydrazone groups is 1. The largest absolute Gasteiger partial charge is 0.465 e. The SMILES string of the molecule is O=C(NN=C/C=C\c1ccco1)NC1CCCC1. The highest BCUT2D eigenvalue weighted by molar-refractivity contribution is 5.80. The fourth-order valence-corrected chi connectivity index (χ4v) is 1.95. The highest BCUT2D eigenvalue weighted by Gasteiger charge is 2.16. The monoisotopic (exact) mass is 247 g/mol. The Balaban J connectivity index is 1.65. The standard InChI is InChI=1S/C13H17N3O2/c17-13(15-11-5-1-2-6-11)16-14-9-3-7-12-8-4-10-18-12/h3-4,7-11H,1-2,5-6H2,(H2,15,16,17)/b7-3-,14-9?. The van der Waals surface area contributed by atoms with Crippen LogP contribution < -0.4 is 10.7 Å². The summed E-state index contributed by atoms with van der Waals surface area (Å²) in [6.07, 6.45) is 11.1. The van der Waals surface area contributed by atoms with E-state index in [9.17, 15) is 4.79 Å². The van der Waals surface area contributed by atoms with Crippen molar-refractivity contribution in [3.63, 3.8) is 0 Å². The van der Waals surface area contributed by atoms with E-state index in [-0.39, 0.29) is 6.03 Å². The molecule has 1 saturated carbocycles. The van der Waals surface area contributed by atoms with Gasteiger partial charge < -0.3 is 9.73 Å². The van der Waals surface area contributed by atoms with Crippen LogP contribution in [0.3, 0.4) is 0 Å². The smallest absolute Gasteiger partial charge is 0.335 e. The molecule has 96 valence electrons. The topological polar surface area (TPSA) is 66.6 Å². The lowest BCUT2D eigenvalue weighted by atomic mass is 10.3. The van der Waals surface area contributed by atoms with Crippen molar-refractivity contribution < 1.29 is 9.21 Å². The molecule has 1 fully saturated rings. The van der Waals surface area contributed by atoms with Gasteiger partial charge in [0, 0.05) is 12.3 Å². The molecule has 0 spiro atoms. The molecule has 2 amide bonds. The van der Waals surface area contributed by atoms with Crippen molar-refractivity contribution in [2.75, 3.05) is 0 Å². The number of carbonyl (C=O) groups excluding carboxylic acids is 1. The van der Waals surface area contributed by atoms with Crippen LogP contribution in [0.4, 0.5) is 4.79 Å². The molecule has 0 atom stereocenters. The summed E-state index contributed by atoms with van der Waals surface area (Å²) < 4.78 is 5.10. The summed E-state index contributed by atoms with van der Waals surface area (Å²) in [7, 11) is 0. The number of nitrogens with one attached hydrogen (secondary N) is 2. The number of hydrogen-bond acceptors (Lipinski definition) is 3. The minimum atomic E-state index is -0.246. The summed E-state index contributed by atoms with van der Waals surface area (Å²) in [6, 6.07) is 3.71. The van der Waals surface area contributed by atoms with Crippen LogP contribution in [0.2, 0.25) is 0 Å². The van der Waals surface area contributed by atoms with Crippen LogP contribution in [-0.2, 0) is 0 Å². The molecule has 0 unspecified atom stereocenters. The number of amides is 2. The number of carbonyl (C=O) groups is 1. The third-order valence-electron chi connectivity index (χ3n) is 2.82. The Kier molecular flexibility index (Phi) is 4.58. The van der Waals surface area contributed by atoms with E-state index in [1.54, 1.807) is 18.4 Å². The van der Waals surface area contributed by atoms with E-state index < -0.39 is 0 Å². The van der Waals surface area contributed by atoms with E-state index in [0.717, 1.165) is 18.6 Å². The lowest BCUT2D eigenvalue weighted by Crippen LogP contribution is -2.38. The van der Waals surface area contributed by atoms with Gasteiger partial charge in [0.05, 0.1) is 6.26 Å². The summed E-state index contributed by atoms with van der Waals surface area (Å²) >= 11 is 0. The first-order valence-corrected chi connectivity index (χ1v) is 6.14. The molecule has 2 rings (SSSR count). The summed E-state index contributed by atoms with van der Waals surface area (Å²) in [5.41, 5.74) is 2.43. The van der Waals surface area contributed by atoms with Crippen molar-refractivity contribution in [3.05, 3.63) is 30.2 Å². The molecule has 1 aliphatic rings. The molecule has 5 heteroatoms. The number of nitrogens with zero attached hydrogens (tertiary/aromatic N) is 1. The normalized spacial score (nSPS) is 16.7. The Morgan fingerprint density at radius 1 is 1.44 bits per heavy atom. The number of rotatable bonds is 4. The van der Waals surface area contributed by atoms with Crippen LogP contribution in [0, 0.1) is 0 Å². The maximum Gasteiger partial charge on any atom is 0.335 e. The van der Waals surface area contributed by atoms with Gasteiger partial charge in [0.15, 0.2) is 0 Å². The van der Waals surface area contributed by atoms with E-state index in [1.807, 2.05) is 12.1 Å².